The summed E-state index contributed by atoms with van der Waals surface area (Å²) in [7, 11) is 0. The molecule has 10 heteroatoms. The fraction of sp³-hybridized carbons (Fsp3) is 0.200. The van der Waals surface area contributed by atoms with Crippen LogP contribution in [0.15, 0.2) is 130 Å². The molecule has 0 aliphatic heterocycles. The van der Waals surface area contributed by atoms with Crippen molar-refractivity contribution in [1.82, 2.24) is 0 Å². The third kappa shape index (κ3) is 9.50. The fourth-order valence-electron chi connectivity index (χ4n) is 5.05. The van der Waals surface area contributed by atoms with Gasteiger partial charge in [-0.3, -0.25) is 0 Å². The monoisotopic (exact) mass is 722 g/mol. The van der Waals surface area contributed by atoms with Crippen molar-refractivity contribution in [3.05, 3.63) is 120 Å². The molecule has 0 aliphatic rings. The number of benzene rings is 6. The van der Waals surface area contributed by atoms with Gasteiger partial charge in [0.15, 0.2) is 0 Å². The van der Waals surface area contributed by atoms with Crippen LogP contribution in [0.3, 0.4) is 0 Å². The molecule has 253 valence electrons. The van der Waals surface area contributed by atoms with Crippen molar-refractivity contribution in [3.8, 4) is 23.0 Å². The maximum atomic E-state index is 10.1. The van der Waals surface area contributed by atoms with Gasteiger partial charge in [0.05, 0.1) is 0 Å². The van der Waals surface area contributed by atoms with Crippen molar-refractivity contribution in [2.75, 3.05) is 0 Å². The molecule has 6 aromatic rings. The number of nitrogens with zero attached hydrogens (tertiary/aromatic N) is 4. The summed E-state index contributed by atoms with van der Waals surface area (Å²) in [5.41, 5.74) is 3.55. The van der Waals surface area contributed by atoms with Crippen molar-refractivity contribution in [2.45, 2.75) is 52.4 Å². The molecule has 0 atom stereocenters. The molecule has 8 nitrogen and oxygen atoms in total. The number of fused-ring (bicyclic) bond motifs is 2. The number of hydrogen-bond donors (Lipinski definition) is 4. The van der Waals surface area contributed by atoms with Crippen molar-refractivity contribution < 1.29 is 66.8 Å². The zero-order valence-corrected chi connectivity index (χ0v) is 32.3. The molecular weight excluding hydrogens is 682 g/mol. The molecule has 0 saturated heterocycles. The van der Waals surface area contributed by atoms with Gasteiger partial charge in [0.2, 0.25) is 0 Å². The first-order chi connectivity index (χ1) is 22.7. The molecule has 0 spiro atoms. The summed E-state index contributed by atoms with van der Waals surface area (Å²) < 4.78 is 0. The summed E-state index contributed by atoms with van der Waals surface area (Å²) in [6.45, 7) is 12.6. The standard InChI is InChI=1S/2C20H20N2O2.Co.Na/c2*1-20(2,3)14-9-11-17(23)16(12-14)21-22-19-15-7-5-4-6-13(15)8-10-18(19)24;;/h2*4-12,23-24H,1-3H3;;/q;;;+1. The van der Waals surface area contributed by atoms with Crippen LogP contribution >= 0.6 is 0 Å². The Morgan fingerprint density at radius 3 is 1.12 bits per heavy atom. The molecule has 0 heterocycles. The summed E-state index contributed by atoms with van der Waals surface area (Å²) in [5.74, 6) is 0.241. The number of phenolic OH excluding ortho intramolecular Hbond substituents is 4. The van der Waals surface area contributed by atoms with Crippen LogP contribution in [0, 0.1) is 0 Å². The Balaban J connectivity index is 0.000000260. The first-order valence-electron chi connectivity index (χ1n) is 15.6. The number of hydrogen-bond acceptors (Lipinski definition) is 8. The molecule has 0 aromatic heterocycles. The largest absolute Gasteiger partial charge is 1.00 e. The molecule has 0 aliphatic carbocycles. The molecule has 50 heavy (non-hydrogen) atoms. The minimum absolute atomic E-state index is 0. The Morgan fingerprint density at radius 2 is 0.760 bits per heavy atom. The van der Waals surface area contributed by atoms with Crippen molar-refractivity contribution in [1.29, 1.82) is 0 Å². The predicted molar refractivity (Wildman–Crippen MR) is 193 cm³/mol. The minimum Gasteiger partial charge on any atom is -0.506 e. The minimum atomic E-state index is -0.0560. The average molecular weight is 723 g/mol. The summed E-state index contributed by atoms with van der Waals surface area (Å²) in [4.78, 5) is 0. The van der Waals surface area contributed by atoms with E-state index < -0.39 is 0 Å². The van der Waals surface area contributed by atoms with E-state index in [1.807, 2.05) is 84.9 Å². The average Bonchev–Trinajstić information content (AvgIpc) is 3.04. The van der Waals surface area contributed by atoms with Gasteiger partial charge in [-0.2, -0.15) is 0 Å². The van der Waals surface area contributed by atoms with E-state index >= 15 is 0 Å². The first-order valence-corrected chi connectivity index (χ1v) is 15.6. The molecule has 4 N–H and O–H groups in total. The zero-order valence-electron chi connectivity index (χ0n) is 29.3. The van der Waals surface area contributed by atoms with Gasteiger partial charge >= 0.3 is 29.6 Å². The molecule has 6 aromatic carbocycles. The smallest absolute Gasteiger partial charge is 0.506 e. The first kappa shape index (κ1) is 40.2. The van der Waals surface area contributed by atoms with E-state index in [1.165, 1.54) is 0 Å². The Kier molecular flexibility index (Phi) is 13.4. The third-order valence-electron chi connectivity index (χ3n) is 7.96. The van der Waals surface area contributed by atoms with Gasteiger partial charge in [0.1, 0.15) is 45.7 Å². The van der Waals surface area contributed by atoms with Crippen LogP contribution in [-0.4, -0.2) is 20.4 Å². The molecular formula is C40H40CoN4NaO4+. The number of aromatic hydroxyl groups is 4. The van der Waals surface area contributed by atoms with E-state index in [0.717, 1.165) is 32.7 Å². The topological polar surface area (TPSA) is 130 Å². The van der Waals surface area contributed by atoms with Crippen molar-refractivity contribution in [2.24, 2.45) is 20.5 Å². The van der Waals surface area contributed by atoms with E-state index in [1.54, 1.807) is 24.3 Å². The zero-order chi connectivity index (χ0) is 34.6. The van der Waals surface area contributed by atoms with Gasteiger partial charge in [0, 0.05) is 27.6 Å². The van der Waals surface area contributed by atoms with Gasteiger partial charge in [-0.15, -0.1) is 20.5 Å². The second-order valence-electron chi connectivity index (χ2n) is 13.6. The molecule has 0 unspecified atom stereocenters. The van der Waals surface area contributed by atoms with Gasteiger partial charge < -0.3 is 20.4 Å². The number of rotatable bonds is 4. The van der Waals surface area contributed by atoms with E-state index in [4.69, 9.17) is 0 Å². The van der Waals surface area contributed by atoms with E-state index in [9.17, 15) is 20.4 Å². The van der Waals surface area contributed by atoms with Crippen LogP contribution in [0.5, 0.6) is 23.0 Å². The second kappa shape index (κ2) is 16.6. The van der Waals surface area contributed by atoms with Crippen molar-refractivity contribution >= 4 is 44.3 Å². The SMILES string of the molecule is CC(C)(C)c1ccc(O)c(N=Nc2c(O)ccc3ccccc23)c1.CC(C)(C)c1ccc(O)c(N=Nc2c(O)ccc3ccccc23)c1.[Co].[Na+]. The maximum absolute atomic E-state index is 10.1. The number of azo groups is 2. The fourth-order valence-corrected chi connectivity index (χ4v) is 5.05. The third-order valence-corrected chi connectivity index (χ3v) is 7.96. The molecule has 0 fully saturated rings. The van der Waals surface area contributed by atoms with Gasteiger partial charge in [-0.05, 0) is 69.1 Å². The van der Waals surface area contributed by atoms with Gasteiger partial charge in [-0.25, -0.2) is 0 Å². The molecule has 6 rings (SSSR count). The summed E-state index contributed by atoms with van der Waals surface area (Å²) in [6, 6.07) is 32.8. The van der Waals surface area contributed by atoms with Gasteiger partial charge in [0.25, 0.3) is 0 Å². The van der Waals surface area contributed by atoms with Crippen LogP contribution in [0.25, 0.3) is 21.5 Å². The Labute approximate surface area is 325 Å². The van der Waals surface area contributed by atoms with E-state index in [2.05, 4.69) is 62.0 Å². The van der Waals surface area contributed by atoms with Gasteiger partial charge in [-0.1, -0.05) is 114 Å². The summed E-state index contributed by atoms with van der Waals surface area (Å²) in [6.07, 6.45) is 0. The van der Waals surface area contributed by atoms with Crippen LogP contribution in [0.4, 0.5) is 22.7 Å². The maximum Gasteiger partial charge on any atom is 1.00 e. The normalized spacial score (nSPS) is 11.6. The Bertz CT molecular complexity index is 2020. The second-order valence-corrected chi connectivity index (χ2v) is 13.6. The van der Waals surface area contributed by atoms with E-state index in [-0.39, 0.29) is 80.2 Å². The molecule has 0 amide bonds. The summed E-state index contributed by atoms with van der Waals surface area (Å²) >= 11 is 0. The molecule has 0 bridgehead atoms. The quantitative estimate of drug-likeness (QED) is 0.107. The van der Waals surface area contributed by atoms with Crippen molar-refractivity contribution in [3.63, 3.8) is 0 Å². The Hall–Kier alpha value is -4.25. The van der Waals surface area contributed by atoms with Crippen LogP contribution in [-0.2, 0) is 27.6 Å². The van der Waals surface area contributed by atoms with E-state index in [0.29, 0.717) is 22.7 Å². The van der Waals surface area contributed by atoms with Crippen LogP contribution in [0.2, 0.25) is 0 Å². The predicted octanol–water partition coefficient (Wildman–Crippen LogP) is 8.93. The summed E-state index contributed by atoms with van der Waals surface area (Å²) in [5, 5.41) is 60.7. The molecule has 0 saturated carbocycles. The van der Waals surface area contributed by atoms with Crippen LogP contribution in [0.1, 0.15) is 52.7 Å². The van der Waals surface area contributed by atoms with Crippen LogP contribution < -0.4 is 29.6 Å². The molecule has 1 radical (unpaired) electrons. The number of phenols is 4. The Morgan fingerprint density at radius 1 is 0.420 bits per heavy atom.